The van der Waals surface area contributed by atoms with Gasteiger partial charge in [-0.05, 0) is 41.2 Å². The highest BCUT2D eigenvalue weighted by Gasteiger charge is 2.22. The molecule has 0 radical (unpaired) electrons. The molecule has 2 aromatic carbocycles. The first-order valence-electron chi connectivity index (χ1n) is 14.8. The highest BCUT2D eigenvalue weighted by Crippen LogP contribution is 2.23. The number of hydrogen-bond donors (Lipinski definition) is 2. The van der Waals surface area contributed by atoms with E-state index < -0.39 is 17.9 Å². The van der Waals surface area contributed by atoms with Crippen molar-refractivity contribution in [2.75, 3.05) is 6.61 Å². The first-order valence-corrected chi connectivity index (χ1v) is 14.8. The Morgan fingerprint density at radius 3 is 2.05 bits per heavy atom. The van der Waals surface area contributed by atoms with Crippen LogP contribution in [0.1, 0.15) is 74.9 Å². The van der Waals surface area contributed by atoms with Gasteiger partial charge in [-0.15, -0.1) is 0 Å². The van der Waals surface area contributed by atoms with E-state index >= 15 is 0 Å². The molecule has 0 fully saturated rings. The summed E-state index contributed by atoms with van der Waals surface area (Å²) in [6, 6.07) is 17.4. The Bertz CT molecular complexity index is 1480. The molecule has 0 aliphatic heterocycles. The number of unbranched alkanes of at least 4 members (excludes halogenated alkanes) is 3. The van der Waals surface area contributed by atoms with Crippen LogP contribution in [0.15, 0.2) is 79.3 Å². The second-order valence-corrected chi connectivity index (χ2v) is 11.7. The standard InChI is InChI=1S/C35H40N4O4/c1-5-6-7-8-19-43-31-18-15-27(21-36-31)28-22-37-32(38-23-28)25-11-9-24(10-12-25)20-30(34(41)42)39-33(40)26-13-16-29(17-14-26)35(2,3)4/h9-18,21-23,30H,5-8,19-20H2,1-4H3,(H,39,40)(H,41,42). The predicted octanol–water partition coefficient (Wildman–Crippen LogP) is 6.89. The summed E-state index contributed by atoms with van der Waals surface area (Å²) in [5.41, 5.74) is 4.80. The van der Waals surface area contributed by atoms with E-state index in [0.717, 1.165) is 40.7 Å². The van der Waals surface area contributed by atoms with Crippen molar-refractivity contribution in [3.8, 4) is 28.4 Å². The number of rotatable bonds is 13. The topological polar surface area (TPSA) is 114 Å². The van der Waals surface area contributed by atoms with Crippen molar-refractivity contribution in [1.82, 2.24) is 20.3 Å². The number of aromatic nitrogens is 3. The molecule has 0 saturated carbocycles. The van der Waals surface area contributed by atoms with Gasteiger partial charge in [-0.2, -0.15) is 0 Å². The number of ether oxygens (including phenoxy) is 1. The minimum atomic E-state index is -1.09. The van der Waals surface area contributed by atoms with Gasteiger partial charge in [0.25, 0.3) is 5.91 Å². The number of benzene rings is 2. The molecule has 0 spiro atoms. The number of carboxylic acids is 1. The van der Waals surface area contributed by atoms with Crippen molar-refractivity contribution < 1.29 is 19.4 Å². The van der Waals surface area contributed by atoms with E-state index in [2.05, 4.69) is 48.0 Å². The van der Waals surface area contributed by atoms with Gasteiger partial charge < -0.3 is 15.2 Å². The van der Waals surface area contributed by atoms with Crippen LogP contribution in [-0.4, -0.2) is 44.6 Å². The Labute approximate surface area is 253 Å². The van der Waals surface area contributed by atoms with Crippen LogP contribution in [0.5, 0.6) is 5.88 Å². The second kappa shape index (κ2) is 14.5. The third-order valence-electron chi connectivity index (χ3n) is 7.24. The maximum absolute atomic E-state index is 12.8. The number of hydrogen-bond acceptors (Lipinski definition) is 6. The summed E-state index contributed by atoms with van der Waals surface area (Å²) in [7, 11) is 0. The van der Waals surface area contributed by atoms with Crippen molar-refractivity contribution in [3.05, 3.63) is 95.9 Å². The van der Waals surface area contributed by atoms with Gasteiger partial charge in [0.05, 0.1) is 6.61 Å². The molecule has 2 heterocycles. The van der Waals surface area contributed by atoms with E-state index in [1.54, 1.807) is 30.7 Å². The minimum Gasteiger partial charge on any atom is -0.480 e. The Balaban J connectivity index is 1.34. The van der Waals surface area contributed by atoms with E-state index in [4.69, 9.17) is 4.74 Å². The molecule has 0 saturated heterocycles. The first-order chi connectivity index (χ1) is 20.6. The summed E-state index contributed by atoms with van der Waals surface area (Å²) in [5.74, 6) is -0.351. The smallest absolute Gasteiger partial charge is 0.326 e. The Hall–Kier alpha value is -4.59. The zero-order valence-electron chi connectivity index (χ0n) is 25.3. The molecule has 4 rings (SSSR count). The maximum Gasteiger partial charge on any atom is 0.326 e. The van der Waals surface area contributed by atoms with Crippen LogP contribution in [0.2, 0.25) is 0 Å². The lowest BCUT2D eigenvalue weighted by molar-refractivity contribution is -0.139. The molecule has 1 atom stereocenters. The van der Waals surface area contributed by atoms with E-state index in [1.807, 2.05) is 48.5 Å². The molecule has 0 aliphatic carbocycles. The SMILES string of the molecule is CCCCCCOc1ccc(-c2cnc(-c3ccc(CC(NC(=O)c4ccc(C(C)(C)C)cc4)C(=O)O)cc3)nc2)cn1. The molecule has 0 aliphatic rings. The van der Waals surface area contributed by atoms with Crippen LogP contribution in [-0.2, 0) is 16.6 Å². The number of carbonyl (C=O) groups is 2. The highest BCUT2D eigenvalue weighted by molar-refractivity contribution is 5.96. The zero-order valence-corrected chi connectivity index (χ0v) is 25.3. The Morgan fingerprint density at radius 2 is 1.47 bits per heavy atom. The molecule has 1 unspecified atom stereocenters. The van der Waals surface area contributed by atoms with Crippen LogP contribution < -0.4 is 10.1 Å². The fraction of sp³-hybridized carbons (Fsp3) is 0.343. The van der Waals surface area contributed by atoms with Crippen LogP contribution >= 0.6 is 0 Å². The van der Waals surface area contributed by atoms with Gasteiger partial charge >= 0.3 is 5.97 Å². The molecular formula is C35H40N4O4. The highest BCUT2D eigenvalue weighted by atomic mass is 16.5. The summed E-state index contributed by atoms with van der Waals surface area (Å²) < 4.78 is 5.72. The molecular weight excluding hydrogens is 540 g/mol. The Kier molecular flexibility index (Phi) is 10.6. The summed E-state index contributed by atoms with van der Waals surface area (Å²) in [6.45, 7) is 9.14. The van der Waals surface area contributed by atoms with Crippen LogP contribution in [0, 0.1) is 0 Å². The second-order valence-electron chi connectivity index (χ2n) is 11.7. The minimum absolute atomic E-state index is 0.0374. The molecule has 0 bridgehead atoms. The first kappa shape index (κ1) is 31.3. The number of carbonyl (C=O) groups excluding carboxylic acids is 1. The molecule has 1 amide bonds. The number of carboxylic acid groups (broad SMARTS) is 1. The number of pyridine rings is 1. The molecule has 43 heavy (non-hydrogen) atoms. The zero-order chi connectivity index (χ0) is 30.8. The lowest BCUT2D eigenvalue weighted by atomic mass is 9.86. The largest absolute Gasteiger partial charge is 0.480 e. The fourth-order valence-electron chi connectivity index (χ4n) is 4.56. The van der Waals surface area contributed by atoms with Crippen LogP contribution in [0.25, 0.3) is 22.5 Å². The molecule has 2 N–H and O–H groups in total. The monoisotopic (exact) mass is 580 g/mol. The summed E-state index contributed by atoms with van der Waals surface area (Å²) >= 11 is 0. The average molecular weight is 581 g/mol. The van der Waals surface area contributed by atoms with E-state index in [1.165, 1.54) is 12.8 Å². The van der Waals surface area contributed by atoms with E-state index in [9.17, 15) is 14.7 Å². The Morgan fingerprint density at radius 1 is 0.814 bits per heavy atom. The van der Waals surface area contributed by atoms with Crippen molar-refractivity contribution in [2.24, 2.45) is 0 Å². The molecule has 4 aromatic rings. The fourth-order valence-corrected chi connectivity index (χ4v) is 4.56. The van der Waals surface area contributed by atoms with Crippen molar-refractivity contribution >= 4 is 11.9 Å². The van der Waals surface area contributed by atoms with Gasteiger partial charge in [0.15, 0.2) is 5.82 Å². The number of nitrogens with zero attached hydrogens (tertiary/aromatic N) is 3. The quantitative estimate of drug-likeness (QED) is 0.166. The van der Waals surface area contributed by atoms with Crippen molar-refractivity contribution in [3.63, 3.8) is 0 Å². The van der Waals surface area contributed by atoms with Gasteiger partial charge in [-0.25, -0.2) is 19.7 Å². The third-order valence-corrected chi connectivity index (χ3v) is 7.24. The van der Waals surface area contributed by atoms with Crippen molar-refractivity contribution in [2.45, 2.75) is 71.3 Å². The summed E-state index contributed by atoms with van der Waals surface area (Å²) in [6.07, 6.45) is 10.0. The van der Waals surface area contributed by atoms with Gasteiger partial charge in [0, 0.05) is 53.3 Å². The predicted molar refractivity (Wildman–Crippen MR) is 168 cm³/mol. The normalized spacial score (nSPS) is 12.0. The van der Waals surface area contributed by atoms with E-state index in [-0.39, 0.29) is 11.8 Å². The molecule has 224 valence electrons. The summed E-state index contributed by atoms with van der Waals surface area (Å²) in [4.78, 5) is 38.2. The van der Waals surface area contributed by atoms with Crippen LogP contribution in [0.3, 0.4) is 0 Å². The number of nitrogens with one attached hydrogen (secondary N) is 1. The molecule has 8 nitrogen and oxygen atoms in total. The third kappa shape index (κ3) is 8.95. The lowest BCUT2D eigenvalue weighted by Gasteiger charge is -2.19. The van der Waals surface area contributed by atoms with Gasteiger partial charge in [-0.1, -0.05) is 83.4 Å². The summed E-state index contributed by atoms with van der Waals surface area (Å²) in [5, 5.41) is 12.4. The van der Waals surface area contributed by atoms with Gasteiger partial charge in [0.1, 0.15) is 6.04 Å². The molecule has 8 heteroatoms. The van der Waals surface area contributed by atoms with Crippen LogP contribution in [0.4, 0.5) is 0 Å². The molecule has 2 aromatic heterocycles. The maximum atomic E-state index is 12.8. The number of aliphatic carboxylic acids is 1. The van der Waals surface area contributed by atoms with Crippen molar-refractivity contribution in [1.29, 1.82) is 0 Å². The number of amides is 1. The van der Waals surface area contributed by atoms with E-state index in [0.29, 0.717) is 23.9 Å². The van der Waals surface area contributed by atoms with Gasteiger partial charge in [0.2, 0.25) is 5.88 Å². The lowest BCUT2D eigenvalue weighted by Crippen LogP contribution is -2.42. The van der Waals surface area contributed by atoms with Gasteiger partial charge in [-0.3, -0.25) is 4.79 Å². The average Bonchev–Trinajstić information content (AvgIpc) is 3.01.